The van der Waals surface area contributed by atoms with E-state index in [-0.39, 0.29) is 18.4 Å². The zero-order valence-electron chi connectivity index (χ0n) is 12.1. The Morgan fingerprint density at radius 3 is 2.43 bits per heavy atom. The zero-order valence-corrected chi connectivity index (χ0v) is 12.1. The third-order valence-electron chi connectivity index (χ3n) is 2.99. The van der Waals surface area contributed by atoms with Crippen molar-refractivity contribution in [2.45, 2.75) is 13.8 Å². The van der Waals surface area contributed by atoms with Gasteiger partial charge in [0.25, 0.3) is 5.91 Å². The Hall–Kier alpha value is -2.63. The minimum atomic E-state index is -0.273. The number of hydrogen-bond acceptors (Lipinski definition) is 3. The fourth-order valence-corrected chi connectivity index (χ4v) is 1.92. The van der Waals surface area contributed by atoms with E-state index >= 15 is 0 Å². The summed E-state index contributed by atoms with van der Waals surface area (Å²) in [4.78, 5) is 23.2. The fraction of sp³-hybridized carbons (Fsp3) is 0.267. The van der Waals surface area contributed by atoms with Crippen molar-refractivity contribution in [1.82, 2.24) is 20.4 Å². The molecule has 0 atom stereocenters. The number of benzene rings is 1. The number of carbonyl (C=O) groups excluding carboxylic acids is 2. The summed E-state index contributed by atoms with van der Waals surface area (Å²) >= 11 is 0. The van der Waals surface area contributed by atoms with Crippen LogP contribution in [0.5, 0.6) is 0 Å². The van der Waals surface area contributed by atoms with Crippen molar-refractivity contribution in [2.24, 2.45) is 0 Å². The molecule has 6 nitrogen and oxygen atoms in total. The average Bonchev–Trinajstić information content (AvgIpc) is 2.91. The molecule has 0 bridgehead atoms. The number of rotatable bonds is 5. The number of nitrogens with one attached hydrogen (secondary N) is 2. The molecule has 1 heterocycles. The lowest BCUT2D eigenvalue weighted by molar-refractivity contribution is -0.120. The van der Waals surface area contributed by atoms with Crippen LogP contribution in [0.3, 0.4) is 0 Å². The topological polar surface area (TPSA) is 76.0 Å². The average molecular weight is 286 g/mol. The second-order valence-electron chi connectivity index (χ2n) is 4.57. The van der Waals surface area contributed by atoms with Crippen molar-refractivity contribution in [2.75, 3.05) is 13.1 Å². The number of aryl methyl sites for hydroxylation is 1. The van der Waals surface area contributed by atoms with E-state index in [0.29, 0.717) is 12.1 Å². The molecule has 21 heavy (non-hydrogen) atoms. The van der Waals surface area contributed by atoms with Gasteiger partial charge in [-0.25, -0.2) is 4.68 Å². The molecule has 0 aliphatic rings. The van der Waals surface area contributed by atoms with Gasteiger partial charge < -0.3 is 10.6 Å². The monoisotopic (exact) mass is 286 g/mol. The molecule has 110 valence electrons. The molecule has 1 aromatic heterocycles. The first-order valence-electron chi connectivity index (χ1n) is 6.77. The van der Waals surface area contributed by atoms with E-state index in [0.717, 1.165) is 11.4 Å². The fourth-order valence-electron chi connectivity index (χ4n) is 1.92. The smallest absolute Gasteiger partial charge is 0.251 e. The first kappa shape index (κ1) is 14.8. The number of aromatic nitrogens is 2. The van der Waals surface area contributed by atoms with E-state index in [1.807, 2.05) is 32.0 Å². The highest BCUT2D eigenvalue weighted by atomic mass is 16.2. The van der Waals surface area contributed by atoms with Gasteiger partial charge in [-0.05, 0) is 44.2 Å². The molecule has 0 radical (unpaired) electrons. The highest BCUT2D eigenvalue weighted by Crippen LogP contribution is 2.11. The van der Waals surface area contributed by atoms with E-state index in [1.165, 1.54) is 0 Å². The Labute approximate surface area is 123 Å². The van der Waals surface area contributed by atoms with Crippen molar-refractivity contribution in [3.8, 4) is 5.69 Å². The Kier molecular flexibility index (Phi) is 4.71. The van der Waals surface area contributed by atoms with E-state index in [2.05, 4.69) is 15.7 Å². The van der Waals surface area contributed by atoms with Crippen LogP contribution in [0, 0.1) is 6.92 Å². The van der Waals surface area contributed by atoms with Crippen molar-refractivity contribution >= 4 is 11.8 Å². The second kappa shape index (κ2) is 6.69. The van der Waals surface area contributed by atoms with Crippen LogP contribution in [0.1, 0.15) is 23.0 Å². The number of nitrogens with zero attached hydrogens (tertiary/aromatic N) is 2. The molecule has 6 heteroatoms. The second-order valence-corrected chi connectivity index (χ2v) is 4.57. The molecule has 0 saturated heterocycles. The van der Waals surface area contributed by atoms with Gasteiger partial charge >= 0.3 is 0 Å². The van der Waals surface area contributed by atoms with Gasteiger partial charge in [0.1, 0.15) is 0 Å². The lowest BCUT2D eigenvalue weighted by Crippen LogP contribution is -2.36. The predicted octanol–water partition coefficient (Wildman–Crippen LogP) is 1.05. The quantitative estimate of drug-likeness (QED) is 0.862. The van der Waals surface area contributed by atoms with Crippen LogP contribution in [-0.2, 0) is 4.79 Å². The summed E-state index contributed by atoms with van der Waals surface area (Å²) in [5.41, 5.74) is 2.41. The van der Waals surface area contributed by atoms with E-state index in [9.17, 15) is 9.59 Å². The Balaban J connectivity index is 2.00. The maximum Gasteiger partial charge on any atom is 0.251 e. The minimum absolute atomic E-state index is 0.0211. The van der Waals surface area contributed by atoms with Crippen molar-refractivity contribution in [3.63, 3.8) is 0 Å². The summed E-state index contributed by atoms with van der Waals surface area (Å²) in [5.74, 6) is -0.473. The highest BCUT2D eigenvalue weighted by molar-refractivity contribution is 5.96. The molecule has 0 unspecified atom stereocenters. The largest absolute Gasteiger partial charge is 0.355 e. The lowest BCUT2D eigenvalue weighted by atomic mass is 10.2. The molecule has 1 aromatic carbocycles. The predicted molar refractivity (Wildman–Crippen MR) is 79.3 cm³/mol. The maximum absolute atomic E-state index is 11.9. The first-order chi connectivity index (χ1) is 10.1. The molecule has 2 aromatic rings. The number of amides is 2. The van der Waals surface area contributed by atoms with Crippen LogP contribution in [0.4, 0.5) is 0 Å². The molecule has 0 fully saturated rings. The first-order valence-corrected chi connectivity index (χ1v) is 6.77. The molecule has 0 aliphatic carbocycles. The van der Waals surface area contributed by atoms with E-state index in [1.54, 1.807) is 23.0 Å². The third kappa shape index (κ3) is 3.68. The third-order valence-corrected chi connectivity index (χ3v) is 2.99. The summed E-state index contributed by atoms with van der Waals surface area (Å²) in [7, 11) is 0. The van der Waals surface area contributed by atoms with Crippen molar-refractivity contribution in [3.05, 3.63) is 47.8 Å². The molecular weight excluding hydrogens is 268 g/mol. The van der Waals surface area contributed by atoms with Crippen LogP contribution in [0.25, 0.3) is 5.69 Å². The van der Waals surface area contributed by atoms with Crippen LogP contribution in [0.2, 0.25) is 0 Å². The van der Waals surface area contributed by atoms with Crippen molar-refractivity contribution in [1.29, 1.82) is 0 Å². The minimum Gasteiger partial charge on any atom is -0.355 e. The molecule has 0 saturated carbocycles. The van der Waals surface area contributed by atoms with E-state index in [4.69, 9.17) is 0 Å². The zero-order chi connectivity index (χ0) is 15.2. The Morgan fingerprint density at radius 2 is 1.86 bits per heavy atom. The van der Waals surface area contributed by atoms with E-state index < -0.39 is 0 Å². The number of hydrogen-bond donors (Lipinski definition) is 2. The molecule has 0 spiro atoms. The van der Waals surface area contributed by atoms with Gasteiger partial charge in [0, 0.05) is 24.0 Å². The lowest BCUT2D eigenvalue weighted by Gasteiger charge is -2.07. The standard InChI is InChI=1S/C15H18N4O2/c1-3-16-14(20)10-17-15(21)12-4-6-13(7-5-12)19-11(2)8-9-18-19/h4-9H,3,10H2,1-2H3,(H,16,20)(H,17,21). The Bertz CT molecular complexity index is 631. The van der Waals surface area contributed by atoms with Crippen LogP contribution >= 0.6 is 0 Å². The van der Waals surface area contributed by atoms with Gasteiger partial charge in [0.15, 0.2) is 0 Å². The maximum atomic E-state index is 11.9. The number of likely N-dealkylation sites (N-methyl/N-ethyl adjacent to an activating group) is 1. The van der Waals surface area contributed by atoms with Gasteiger partial charge in [0.05, 0.1) is 12.2 Å². The summed E-state index contributed by atoms with van der Waals surface area (Å²) in [6.07, 6.45) is 1.72. The number of carbonyl (C=O) groups is 2. The highest BCUT2D eigenvalue weighted by Gasteiger charge is 2.08. The molecule has 2 N–H and O–H groups in total. The summed E-state index contributed by atoms with van der Waals surface area (Å²) in [6.45, 7) is 4.31. The van der Waals surface area contributed by atoms with Gasteiger partial charge in [-0.3, -0.25) is 9.59 Å². The molecule has 2 amide bonds. The van der Waals surface area contributed by atoms with Gasteiger partial charge in [-0.2, -0.15) is 5.10 Å². The van der Waals surface area contributed by atoms with Gasteiger partial charge in [-0.15, -0.1) is 0 Å². The normalized spacial score (nSPS) is 10.2. The molecule has 0 aliphatic heterocycles. The SMILES string of the molecule is CCNC(=O)CNC(=O)c1ccc(-n2nccc2C)cc1. The molecular formula is C15H18N4O2. The van der Waals surface area contributed by atoms with Crippen LogP contribution in [-0.4, -0.2) is 34.7 Å². The molecule has 2 rings (SSSR count). The summed E-state index contributed by atoms with van der Waals surface area (Å²) < 4.78 is 1.79. The van der Waals surface area contributed by atoms with Crippen LogP contribution < -0.4 is 10.6 Å². The van der Waals surface area contributed by atoms with Crippen LogP contribution in [0.15, 0.2) is 36.5 Å². The Morgan fingerprint density at radius 1 is 1.14 bits per heavy atom. The van der Waals surface area contributed by atoms with Gasteiger partial charge in [-0.1, -0.05) is 0 Å². The van der Waals surface area contributed by atoms with Gasteiger partial charge in [0.2, 0.25) is 5.91 Å². The van der Waals surface area contributed by atoms with Crippen molar-refractivity contribution < 1.29 is 9.59 Å². The summed E-state index contributed by atoms with van der Waals surface area (Å²) in [6, 6.07) is 8.97. The summed E-state index contributed by atoms with van der Waals surface area (Å²) in [5, 5.41) is 9.40.